The number of aliphatic carboxylic acids is 1. The van der Waals surface area contributed by atoms with Gasteiger partial charge in [-0.2, -0.15) is 0 Å². The zero-order valence-electron chi connectivity index (χ0n) is 10.7. The highest BCUT2D eigenvalue weighted by atomic mass is 35.5. The van der Waals surface area contributed by atoms with E-state index in [2.05, 4.69) is 0 Å². The van der Waals surface area contributed by atoms with E-state index in [1.807, 2.05) is 0 Å². The lowest BCUT2D eigenvalue weighted by Gasteiger charge is -2.26. The fourth-order valence-corrected chi connectivity index (χ4v) is 2.19. The predicted octanol–water partition coefficient (Wildman–Crippen LogP) is 5.03. The van der Waals surface area contributed by atoms with Gasteiger partial charge in [0.15, 0.2) is 0 Å². The second kappa shape index (κ2) is 6.65. The first kappa shape index (κ1) is 16.4. The lowest BCUT2D eigenvalue weighted by atomic mass is 9.85. The SMILES string of the molecule is CC(C)(CC(=O)O)C(Cl)C=C(Cl)c1ccc(Cl)cc1. The van der Waals surface area contributed by atoms with Crippen LogP contribution in [0.3, 0.4) is 0 Å². The van der Waals surface area contributed by atoms with Crippen molar-refractivity contribution >= 4 is 45.8 Å². The first-order valence-electron chi connectivity index (χ1n) is 5.71. The number of carbonyl (C=O) groups is 1. The van der Waals surface area contributed by atoms with E-state index < -0.39 is 16.8 Å². The summed E-state index contributed by atoms with van der Waals surface area (Å²) in [6.45, 7) is 3.59. The Kier molecular flexibility index (Phi) is 5.72. The van der Waals surface area contributed by atoms with E-state index in [0.717, 1.165) is 5.56 Å². The Labute approximate surface area is 128 Å². The van der Waals surface area contributed by atoms with Crippen LogP contribution in [0.15, 0.2) is 30.3 Å². The maximum absolute atomic E-state index is 10.8. The number of rotatable bonds is 5. The van der Waals surface area contributed by atoms with Gasteiger partial charge < -0.3 is 5.11 Å². The first-order valence-corrected chi connectivity index (χ1v) is 6.91. The smallest absolute Gasteiger partial charge is 0.303 e. The summed E-state index contributed by atoms with van der Waals surface area (Å²) in [4.78, 5) is 10.8. The Morgan fingerprint density at radius 2 is 1.89 bits per heavy atom. The average Bonchev–Trinajstić information content (AvgIpc) is 2.27. The van der Waals surface area contributed by atoms with Crippen molar-refractivity contribution in [1.29, 1.82) is 0 Å². The van der Waals surface area contributed by atoms with Gasteiger partial charge in [0.1, 0.15) is 0 Å². The molecule has 104 valence electrons. The minimum Gasteiger partial charge on any atom is -0.481 e. The third-order valence-corrected chi connectivity index (χ3v) is 4.08. The standard InChI is InChI=1S/C14H15Cl3O2/c1-14(2,8-13(18)19)12(17)7-11(16)9-3-5-10(15)6-4-9/h3-7,12H,8H2,1-2H3,(H,18,19). The molecule has 1 N–H and O–H groups in total. The Bertz CT molecular complexity index is 478. The molecule has 19 heavy (non-hydrogen) atoms. The van der Waals surface area contributed by atoms with Crippen LogP contribution in [0.2, 0.25) is 5.02 Å². The molecule has 0 aliphatic rings. The zero-order valence-corrected chi connectivity index (χ0v) is 12.9. The van der Waals surface area contributed by atoms with Gasteiger partial charge in [-0.25, -0.2) is 0 Å². The summed E-state index contributed by atoms with van der Waals surface area (Å²) in [5, 5.41) is 9.48. The third-order valence-electron chi connectivity index (χ3n) is 2.77. The Balaban J connectivity index is 2.88. The zero-order chi connectivity index (χ0) is 14.6. The quantitative estimate of drug-likeness (QED) is 0.772. The van der Waals surface area contributed by atoms with Gasteiger partial charge in [0, 0.05) is 10.1 Å². The molecule has 5 heteroatoms. The van der Waals surface area contributed by atoms with E-state index in [-0.39, 0.29) is 6.42 Å². The molecule has 1 unspecified atom stereocenters. The summed E-state index contributed by atoms with van der Waals surface area (Å²) in [7, 11) is 0. The normalized spacial score (nSPS) is 14.3. The van der Waals surface area contributed by atoms with Crippen LogP contribution in [-0.2, 0) is 4.79 Å². The number of carboxylic acid groups (broad SMARTS) is 1. The Morgan fingerprint density at radius 3 is 2.37 bits per heavy atom. The second-order valence-electron chi connectivity index (χ2n) is 4.98. The number of allylic oxidation sites excluding steroid dienone is 1. The van der Waals surface area contributed by atoms with E-state index in [1.54, 1.807) is 44.2 Å². The molecule has 1 aromatic rings. The van der Waals surface area contributed by atoms with Gasteiger partial charge in [-0.3, -0.25) is 4.79 Å². The van der Waals surface area contributed by atoms with Crippen molar-refractivity contribution in [3.05, 3.63) is 40.9 Å². The van der Waals surface area contributed by atoms with Crippen LogP contribution in [0, 0.1) is 5.41 Å². The molecule has 2 nitrogen and oxygen atoms in total. The molecule has 0 heterocycles. The van der Waals surface area contributed by atoms with Gasteiger partial charge in [0.25, 0.3) is 0 Å². The Hall–Kier alpha value is -0.700. The molecular weight excluding hydrogens is 307 g/mol. The topological polar surface area (TPSA) is 37.3 Å². The molecule has 0 saturated heterocycles. The molecule has 1 aromatic carbocycles. The van der Waals surface area contributed by atoms with Gasteiger partial charge in [-0.05, 0) is 29.2 Å². The molecule has 0 saturated carbocycles. The second-order valence-corrected chi connectivity index (χ2v) is 6.30. The highest BCUT2D eigenvalue weighted by Gasteiger charge is 2.29. The first-order chi connectivity index (χ1) is 8.72. The monoisotopic (exact) mass is 320 g/mol. The molecule has 1 rings (SSSR count). The van der Waals surface area contributed by atoms with Crippen molar-refractivity contribution in [2.45, 2.75) is 25.6 Å². The maximum Gasteiger partial charge on any atom is 0.303 e. The van der Waals surface area contributed by atoms with Crippen LogP contribution in [0.5, 0.6) is 0 Å². The summed E-state index contributed by atoms with van der Waals surface area (Å²) < 4.78 is 0. The van der Waals surface area contributed by atoms with Crippen molar-refractivity contribution in [2.24, 2.45) is 5.41 Å². The minimum atomic E-state index is -0.883. The molecule has 0 bridgehead atoms. The van der Waals surface area contributed by atoms with E-state index in [1.165, 1.54) is 0 Å². The summed E-state index contributed by atoms with van der Waals surface area (Å²) in [5.74, 6) is -0.883. The van der Waals surface area contributed by atoms with Crippen molar-refractivity contribution < 1.29 is 9.90 Å². The number of carboxylic acids is 1. The number of hydrogen-bond donors (Lipinski definition) is 1. The maximum atomic E-state index is 10.8. The number of hydrogen-bond acceptors (Lipinski definition) is 1. The van der Waals surface area contributed by atoms with Gasteiger partial charge >= 0.3 is 5.97 Å². The van der Waals surface area contributed by atoms with Crippen molar-refractivity contribution in [3.63, 3.8) is 0 Å². The largest absolute Gasteiger partial charge is 0.481 e. The summed E-state index contributed by atoms with van der Waals surface area (Å²) in [5.41, 5.74) is 0.211. The lowest BCUT2D eigenvalue weighted by molar-refractivity contribution is -0.139. The average molecular weight is 322 g/mol. The molecule has 0 amide bonds. The van der Waals surface area contributed by atoms with Crippen molar-refractivity contribution in [2.75, 3.05) is 0 Å². The number of halogens is 3. The molecule has 0 fully saturated rings. The molecule has 1 atom stereocenters. The van der Waals surface area contributed by atoms with E-state index in [0.29, 0.717) is 10.1 Å². The van der Waals surface area contributed by atoms with Crippen molar-refractivity contribution in [3.8, 4) is 0 Å². The molecule has 0 radical (unpaired) electrons. The molecule has 0 spiro atoms. The van der Waals surface area contributed by atoms with Gasteiger partial charge in [-0.1, -0.05) is 49.2 Å². The van der Waals surface area contributed by atoms with Gasteiger partial charge in [0.05, 0.1) is 11.8 Å². The molecule has 0 aliphatic carbocycles. The highest BCUT2D eigenvalue weighted by Crippen LogP contribution is 2.33. The fourth-order valence-electron chi connectivity index (χ4n) is 1.55. The van der Waals surface area contributed by atoms with Crippen LogP contribution >= 0.6 is 34.8 Å². The highest BCUT2D eigenvalue weighted by molar-refractivity contribution is 6.49. The fraction of sp³-hybridized carbons (Fsp3) is 0.357. The van der Waals surface area contributed by atoms with E-state index in [4.69, 9.17) is 39.9 Å². The van der Waals surface area contributed by atoms with Crippen molar-refractivity contribution in [1.82, 2.24) is 0 Å². The van der Waals surface area contributed by atoms with Crippen LogP contribution < -0.4 is 0 Å². The third kappa shape index (κ3) is 5.06. The molecular formula is C14H15Cl3O2. The number of alkyl halides is 1. The van der Waals surface area contributed by atoms with E-state index in [9.17, 15) is 4.79 Å². The molecule has 0 aromatic heterocycles. The van der Waals surface area contributed by atoms with Crippen LogP contribution in [-0.4, -0.2) is 16.5 Å². The van der Waals surface area contributed by atoms with E-state index >= 15 is 0 Å². The molecule has 0 aliphatic heterocycles. The number of benzene rings is 1. The Morgan fingerprint density at radius 1 is 1.37 bits per heavy atom. The van der Waals surface area contributed by atoms with Crippen LogP contribution in [0.25, 0.3) is 5.03 Å². The lowest BCUT2D eigenvalue weighted by Crippen LogP contribution is -2.26. The summed E-state index contributed by atoms with van der Waals surface area (Å²) in [6, 6.07) is 7.04. The minimum absolute atomic E-state index is 0.0253. The van der Waals surface area contributed by atoms with Crippen LogP contribution in [0.1, 0.15) is 25.8 Å². The van der Waals surface area contributed by atoms with Gasteiger partial charge in [0.2, 0.25) is 0 Å². The van der Waals surface area contributed by atoms with Gasteiger partial charge in [-0.15, -0.1) is 11.6 Å². The van der Waals surface area contributed by atoms with Crippen LogP contribution in [0.4, 0.5) is 0 Å². The predicted molar refractivity (Wildman–Crippen MR) is 81.0 cm³/mol. The summed E-state index contributed by atoms with van der Waals surface area (Å²) >= 11 is 18.2. The summed E-state index contributed by atoms with van der Waals surface area (Å²) in [6.07, 6.45) is 1.64.